The minimum absolute atomic E-state index is 0.162. The molecule has 0 spiro atoms. The van der Waals surface area contributed by atoms with Crippen molar-refractivity contribution >= 4 is 23.3 Å². The van der Waals surface area contributed by atoms with Gasteiger partial charge >= 0.3 is 6.03 Å². The number of halogens is 1. The molecule has 5 nitrogen and oxygen atoms in total. The molecule has 1 heterocycles. The Labute approximate surface area is 139 Å². The maximum Gasteiger partial charge on any atom is 0.322 e. The predicted molar refractivity (Wildman–Crippen MR) is 88.0 cm³/mol. The highest BCUT2D eigenvalue weighted by atomic mass is 35.5. The topological polar surface area (TPSA) is 69.0 Å². The molecule has 1 fully saturated rings. The van der Waals surface area contributed by atoms with Crippen molar-refractivity contribution in [3.05, 3.63) is 58.9 Å². The van der Waals surface area contributed by atoms with Crippen molar-refractivity contribution in [3.63, 3.8) is 0 Å². The summed E-state index contributed by atoms with van der Waals surface area (Å²) in [5.41, 5.74) is 2.01. The number of urea groups is 1. The molecule has 6 heteroatoms. The van der Waals surface area contributed by atoms with E-state index in [4.69, 9.17) is 16.9 Å². The van der Waals surface area contributed by atoms with E-state index in [1.54, 1.807) is 30.6 Å². The molecule has 2 amide bonds. The average molecular weight is 327 g/mol. The van der Waals surface area contributed by atoms with Gasteiger partial charge in [-0.05, 0) is 48.7 Å². The van der Waals surface area contributed by atoms with Crippen LogP contribution in [0.2, 0.25) is 5.02 Å². The molecule has 1 saturated carbocycles. The average Bonchev–Trinajstić information content (AvgIpc) is 3.38. The van der Waals surface area contributed by atoms with Crippen LogP contribution >= 0.6 is 11.6 Å². The minimum Gasteiger partial charge on any atom is -0.317 e. The van der Waals surface area contributed by atoms with E-state index in [1.807, 2.05) is 23.1 Å². The molecule has 2 aromatic rings. The van der Waals surface area contributed by atoms with E-state index in [1.165, 1.54) is 0 Å². The van der Waals surface area contributed by atoms with Crippen molar-refractivity contribution in [2.24, 2.45) is 0 Å². The Hall–Kier alpha value is -2.58. The van der Waals surface area contributed by atoms with Gasteiger partial charge in [-0.3, -0.25) is 4.98 Å². The highest BCUT2D eigenvalue weighted by molar-refractivity contribution is 6.32. The fourth-order valence-electron chi connectivity index (χ4n) is 2.32. The molecule has 1 aliphatic carbocycles. The molecule has 0 bridgehead atoms. The summed E-state index contributed by atoms with van der Waals surface area (Å²) in [7, 11) is 0. The molecular formula is C17H15ClN4O. The zero-order chi connectivity index (χ0) is 16.2. The highest BCUT2D eigenvalue weighted by Crippen LogP contribution is 2.29. The number of nitrogens with zero attached hydrogens (tertiary/aromatic N) is 3. The van der Waals surface area contributed by atoms with Gasteiger partial charge in [-0.2, -0.15) is 5.26 Å². The van der Waals surface area contributed by atoms with Gasteiger partial charge < -0.3 is 10.2 Å². The molecular weight excluding hydrogens is 312 g/mol. The SMILES string of the molecule is N#Cc1ccc(NC(=O)N(Cc2ccncc2)C2CC2)cc1Cl. The van der Waals surface area contributed by atoms with E-state index in [9.17, 15) is 4.79 Å². The van der Waals surface area contributed by atoms with Crippen LogP contribution in [0.15, 0.2) is 42.7 Å². The normalized spacial score (nSPS) is 13.2. The van der Waals surface area contributed by atoms with Crippen molar-refractivity contribution in [1.82, 2.24) is 9.88 Å². The van der Waals surface area contributed by atoms with Gasteiger partial charge in [0.1, 0.15) is 6.07 Å². The summed E-state index contributed by atoms with van der Waals surface area (Å²) in [4.78, 5) is 18.4. The van der Waals surface area contributed by atoms with Gasteiger partial charge in [0.2, 0.25) is 0 Å². The summed E-state index contributed by atoms with van der Waals surface area (Å²) in [6, 6.07) is 10.8. The summed E-state index contributed by atoms with van der Waals surface area (Å²) in [5, 5.41) is 12.1. The Morgan fingerprint density at radius 1 is 1.35 bits per heavy atom. The lowest BCUT2D eigenvalue weighted by atomic mass is 10.2. The number of hydrogen-bond donors (Lipinski definition) is 1. The third kappa shape index (κ3) is 3.79. The number of carbonyl (C=O) groups is 1. The minimum atomic E-state index is -0.162. The molecule has 1 N–H and O–H groups in total. The molecule has 116 valence electrons. The number of aromatic nitrogens is 1. The summed E-state index contributed by atoms with van der Waals surface area (Å²) >= 11 is 6.00. The van der Waals surface area contributed by atoms with E-state index >= 15 is 0 Å². The lowest BCUT2D eigenvalue weighted by Gasteiger charge is -2.23. The van der Waals surface area contributed by atoms with Crippen LogP contribution < -0.4 is 5.32 Å². The van der Waals surface area contributed by atoms with Gasteiger partial charge in [0.15, 0.2) is 0 Å². The second kappa shape index (κ2) is 6.67. The molecule has 1 aliphatic rings. The highest BCUT2D eigenvalue weighted by Gasteiger charge is 2.32. The van der Waals surface area contributed by atoms with E-state index in [2.05, 4.69) is 10.3 Å². The summed E-state index contributed by atoms with van der Waals surface area (Å²) < 4.78 is 0. The lowest BCUT2D eigenvalue weighted by Crippen LogP contribution is -2.36. The number of benzene rings is 1. The first kappa shape index (κ1) is 15.3. The third-order valence-corrected chi connectivity index (χ3v) is 4.00. The molecule has 0 saturated heterocycles. The van der Waals surface area contributed by atoms with Crippen molar-refractivity contribution in [3.8, 4) is 6.07 Å². The summed E-state index contributed by atoms with van der Waals surface area (Å²) in [5.74, 6) is 0. The fourth-order valence-corrected chi connectivity index (χ4v) is 2.54. The number of nitriles is 1. The first-order valence-corrected chi connectivity index (χ1v) is 7.71. The number of nitrogens with one attached hydrogen (secondary N) is 1. The van der Waals surface area contributed by atoms with Crippen molar-refractivity contribution in [1.29, 1.82) is 5.26 Å². The second-order valence-electron chi connectivity index (χ2n) is 5.45. The van der Waals surface area contributed by atoms with Crippen LogP contribution in [0.3, 0.4) is 0 Å². The van der Waals surface area contributed by atoms with Gasteiger partial charge in [-0.25, -0.2) is 4.79 Å². The Morgan fingerprint density at radius 3 is 2.70 bits per heavy atom. The third-order valence-electron chi connectivity index (χ3n) is 3.69. The van der Waals surface area contributed by atoms with Crippen LogP contribution in [0.25, 0.3) is 0 Å². The lowest BCUT2D eigenvalue weighted by molar-refractivity contribution is 0.206. The standard InChI is InChI=1S/C17H15ClN4O/c18-16-9-14(2-1-13(16)10-19)21-17(23)22(15-3-4-15)11-12-5-7-20-8-6-12/h1-2,5-9,15H,3-4,11H2,(H,21,23). The Morgan fingerprint density at radius 2 is 2.09 bits per heavy atom. The number of pyridine rings is 1. The van der Waals surface area contributed by atoms with Crippen molar-refractivity contribution in [2.75, 3.05) is 5.32 Å². The molecule has 1 aromatic carbocycles. The summed E-state index contributed by atoms with van der Waals surface area (Å²) in [6.07, 6.45) is 5.48. The Balaban J connectivity index is 1.72. The van der Waals surface area contributed by atoms with E-state index in [-0.39, 0.29) is 12.1 Å². The second-order valence-corrected chi connectivity index (χ2v) is 5.86. The first-order chi connectivity index (χ1) is 11.2. The molecule has 0 radical (unpaired) electrons. The van der Waals surface area contributed by atoms with Crippen LogP contribution in [-0.2, 0) is 6.54 Å². The number of carbonyl (C=O) groups excluding carboxylic acids is 1. The van der Waals surface area contributed by atoms with E-state index < -0.39 is 0 Å². The molecule has 3 rings (SSSR count). The molecule has 0 atom stereocenters. The Bertz CT molecular complexity index is 753. The zero-order valence-corrected chi connectivity index (χ0v) is 13.1. The van der Waals surface area contributed by atoms with Crippen LogP contribution in [0.1, 0.15) is 24.0 Å². The molecule has 1 aromatic heterocycles. The van der Waals surface area contributed by atoms with Crippen LogP contribution in [0.4, 0.5) is 10.5 Å². The van der Waals surface area contributed by atoms with Crippen molar-refractivity contribution in [2.45, 2.75) is 25.4 Å². The van der Waals surface area contributed by atoms with Crippen LogP contribution in [-0.4, -0.2) is 22.0 Å². The predicted octanol–water partition coefficient (Wildman–Crippen LogP) is 3.80. The number of amides is 2. The van der Waals surface area contributed by atoms with Gasteiger partial charge in [0, 0.05) is 30.7 Å². The van der Waals surface area contributed by atoms with E-state index in [0.29, 0.717) is 22.8 Å². The maximum atomic E-state index is 12.6. The number of anilines is 1. The van der Waals surface area contributed by atoms with Gasteiger partial charge in [0.25, 0.3) is 0 Å². The van der Waals surface area contributed by atoms with Gasteiger partial charge in [-0.1, -0.05) is 11.6 Å². The van der Waals surface area contributed by atoms with Crippen molar-refractivity contribution < 1.29 is 4.79 Å². The molecule has 0 unspecified atom stereocenters. The molecule has 23 heavy (non-hydrogen) atoms. The number of rotatable bonds is 4. The van der Waals surface area contributed by atoms with Gasteiger partial charge in [0.05, 0.1) is 10.6 Å². The van der Waals surface area contributed by atoms with Crippen LogP contribution in [0.5, 0.6) is 0 Å². The van der Waals surface area contributed by atoms with Crippen LogP contribution in [0, 0.1) is 11.3 Å². The fraction of sp³-hybridized carbons (Fsp3) is 0.235. The van der Waals surface area contributed by atoms with Gasteiger partial charge in [-0.15, -0.1) is 0 Å². The summed E-state index contributed by atoms with van der Waals surface area (Å²) in [6.45, 7) is 0.545. The largest absolute Gasteiger partial charge is 0.322 e. The quantitative estimate of drug-likeness (QED) is 0.929. The maximum absolute atomic E-state index is 12.6. The Kier molecular flexibility index (Phi) is 4.45. The number of hydrogen-bond acceptors (Lipinski definition) is 3. The zero-order valence-electron chi connectivity index (χ0n) is 12.4. The molecule has 0 aliphatic heterocycles. The monoisotopic (exact) mass is 326 g/mol. The van der Waals surface area contributed by atoms with E-state index in [0.717, 1.165) is 18.4 Å². The smallest absolute Gasteiger partial charge is 0.317 e. The first-order valence-electron chi connectivity index (χ1n) is 7.33.